The van der Waals surface area contributed by atoms with Crippen molar-refractivity contribution < 1.29 is 17.9 Å². The van der Waals surface area contributed by atoms with Crippen molar-refractivity contribution in [3.8, 4) is 5.75 Å². The summed E-state index contributed by atoms with van der Waals surface area (Å²) in [6.07, 6.45) is 2.59. The van der Waals surface area contributed by atoms with E-state index < -0.39 is 10.0 Å². The van der Waals surface area contributed by atoms with Crippen LogP contribution < -0.4 is 14.4 Å². The van der Waals surface area contributed by atoms with E-state index in [-0.39, 0.29) is 12.5 Å². The van der Waals surface area contributed by atoms with Gasteiger partial charge in [0, 0.05) is 11.0 Å². The Labute approximate surface area is 181 Å². The number of nitrogens with one attached hydrogen (secondary N) is 1. The van der Waals surface area contributed by atoms with Gasteiger partial charge in [0.2, 0.25) is 15.9 Å². The minimum absolute atomic E-state index is 0.255. The molecular formula is C21H27BrN2O4S. The summed E-state index contributed by atoms with van der Waals surface area (Å²) in [6.45, 7) is 4.61. The van der Waals surface area contributed by atoms with Crippen molar-refractivity contribution in [2.75, 3.05) is 30.3 Å². The first kappa shape index (κ1) is 23.2. The zero-order chi connectivity index (χ0) is 21.4. The van der Waals surface area contributed by atoms with Crippen LogP contribution in [0.2, 0.25) is 0 Å². The number of hydrogen-bond acceptors (Lipinski definition) is 4. The van der Waals surface area contributed by atoms with Gasteiger partial charge < -0.3 is 10.1 Å². The van der Waals surface area contributed by atoms with Gasteiger partial charge in [-0.1, -0.05) is 34.1 Å². The fourth-order valence-corrected chi connectivity index (χ4v) is 3.98. The Hall–Kier alpha value is -2.06. The highest BCUT2D eigenvalue weighted by molar-refractivity contribution is 9.10. The molecule has 2 aromatic rings. The van der Waals surface area contributed by atoms with E-state index in [4.69, 9.17) is 4.74 Å². The summed E-state index contributed by atoms with van der Waals surface area (Å²) in [5.41, 5.74) is 2.45. The molecule has 8 heteroatoms. The Bertz CT molecular complexity index is 947. The summed E-state index contributed by atoms with van der Waals surface area (Å²) in [4.78, 5) is 12.4. The summed E-state index contributed by atoms with van der Waals surface area (Å²) >= 11 is 3.40. The standard InChI is InChI=1S/C21H27BrN2O4S/c1-4-28-20-10-6-5-8-17(20)9-7-13-23-21(25)15-24(29(3,26)27)18-11-12-19(22)16(2)14-18/h5-6,8,10-12,14H,4,7,9,13,15H2,1-3H3,(H,23,25). The van der Waals surface area contributed by atoms with Gasteiger partial charge in [-0.05, 0) is 62.1 Å². The molecule has 0 bridgehead atoms. The molecule has 0 unspecified atom stereocenters. The van der Waals surface area contributed by atoms with Gasteiger partial charge in [-0.2, -0.15) is 0 Å². The zero-order valence-corrected chi connectivity index (χ0v) is 19.3. The lowest BCUT2D eigenvalue weighted by atomic mass is 10.1. The molecule has 0 spiro atoms. The molecule has 0 atom stereocenters. The lowest BCUT2D eigenvalue weighted by Crippen LogP contribution is -2.40. The van der Waals surface area contributed by atoms with E-state index in [0.717, 1.165) is 44.8 Å². The van der Waals surface area contributed by atoms with Gasteiger partial charge in [-0.15, -0.1) is 0 Å². The third kappa shape index (κ3) is 7.04. The van der Waals surface area contributed by atoms with E-state index in [0.29, 0.717) is 18.8 Å². The normalized spacial score (nSPS) is 11.2. The Kier molecular flexibility index (Phi) is 8.52. The van der Waals surface area contributed by atoms with Crippen molar-refractivity contribution in [3.63, 3.8) is 0 Å². The van der Waals surface area contributed by atoms with Crippen LogP contribution in [0.3, 0.4) is 0 Å². The van der Waals surface area contributed by atoms with Crippen molar-refractivity contribution in [1.29, 1.82) is 0 Å². The molecule has 2 rings (SSSR count). The molecule has 0 aliphatic rings. The first-order valence-corrected chi connectivity index (χ1v) is 12.1. The van der Waals surface area contributed by atoms with Crippen LogP contribution in [0.5, 0.6) is 5.75 Å². The molecule has 0 saturated heterocycles. The number of benzene rings is 2. The number of anilines is 1. The third-order valence-electron chi connectivity index (χ3n) is 4.33. The fourth-order valence-electron chi connectivity index (χ4n) is 2.88. The second-order valence-corrected chi connectivity index (χ2v) is 9.46. The van der Waals surface area contributed by atoms with Gasteiger partial charge in [0.05, 0.1) is 18.6 Å². The molecule has 158 valence electrons. The SMILES string of the molecule is CCOc1ccccc1CCCNC(=O)CN(c1ccc(Br)c(C)c1)S(C)(=O)=O. The van der Waals surface area contributed by atoms with Crippen molar-refractivity contribution in [1.82, 2.24) is 5.32 Å². The van der Waals surface area contributed by atoms with Gasteiger partial charge >= 0.3 is 0 Å². The van der Waals surface area contributed by atoms with Crippen molar-refractivity contribution in [2.24, 2.45) is 0 Å². The number of carbonyl (C=O) groups is 1. The van der Waals surface area contributed by atoms with E-state index in [1.807, 2.05) is 38.1 Å². The predicted octanol–water partition coefficient (Wildman–Crippen LogP) is 3.67. The van der Waals surface area contributed by atoms with Crippen LogP contribution in [0.15, 0.2) is 46.9 Å². The first-order valence-electron chi connectivity index (χ1n) is 9.43. The minimum Gasteiger partial charge on any atom is -0.494 e. The molecular weight excluding hydrogens is 456 g/mol. The lowest BCUT2D eigenvalue weighted by Gasteiger charge is -2.22. The van der Waals surface area contributed by atoms with Crippen LogP contribution >= 0.6 is 15.9 Å². The number of para-hydroxylation sites is 1. The predicted molar refractivity (Wildman–Crippen MR) is 120 cm³/mol. The summed E-state index contributed by atoms with van der Waals surface area (Å²) in [6, 6.07) is 13.0. The van der Waals surface area contributed by atoms with E-state index in [2.05, 4.69) is 21.2 Å². The van der Waals surface area contributed by atoms with Gasteiger partial charge in [-0.25, -0.2) is 8.42 Å². The number of ether oxygens (including phenoxy) is 1. The summed E-state index contributed by atoms with van der Waals surface area (Å²) < 4.78 is 32.0. The molecule has 1 N–H and O–H groups in total. The molecule has 0 aromatic heterocycles. The summed E-state index contributed by atoms with van der Waals surface area (Å²) in [7, 11) is -3.59. The van der Waals surface area contributed by atoms with Crippen LogP contribution in [0, 0.1) is 6.92 Å². The number of rotatable bonds is 10. The lowest BCUT2D eigenvalue weighted by molar-refractivity contribution is -0.119. The molecule has 6 nitrogen and oxygen atoms in total. The third-order valence-corrected chi connectivity index (χ3v) is 6.36. The maximum atomic E-state index is 12.4. The molecule has 0 fully saturated rings. The van der Waals surface area contributed by atoms with Gasteiger partial charge in [-0.3, -0.25) is 9.10 Å². The van der Waals surface area contributed by atoms with Gasteiger partial charge in [0.1, 0.15) is 12.3 Å². The molecule has 0 aliphatic heterocycles. The van der Waals surface area contributed by atoms with Gasteiger partial charge in [0.15, 0.2) is 0 Å². The zero-order valence-electron chi connectivity index (χ0n) is 16.9. The largest absolute Gasteiger partial charge is 0.494 e. The van der Waals surface area contributed by atoms with Crippen LogP contribution in [0.4, 0.5) is 5.69 Å². The van der Waals surface area contributed by atoms with E-state index in [9.17, 15) is 13.2 Å². The van der Waals surface area contributed by atoms with Crippen LogP contribution in [0.1, 0.15) is 24.5 Å². The highest BCUT2D eigenvalue weighted by atomic mass is 79.9. The topological polar surface area (TPSA) is 75.7 Å². The smallest absolute Gasteiger partial charge is 0.240 e. The molecule has 0 heterocycles. The highest BCUT2D eigenvalue weighted by Crippen LogP contribution is 2.24. The number of halogens is 1. The quantitative estimate of drug-likeness (QED) is 0.524. The number of carbonyl (C=O) groups excluding carboxylic acids is 1. The van der Waals surface area contributed by atoms with Crippen LogP contribution in [-0.4, -0.2) is 40.3 Å². The minimum atomic E-state index is -3.59. The Morgan fingerprint density at radius 3 is 2.59 bits per heavy atom. The van der Waals surface area contributed by atoms with Crippen molar-refractivity contribution in [2.45, 2.75) is 26.7 Å². The number of nitrogens with zero attached hydrogens (tertiary/aromatic N) is 1. The number of hydrogen-bond donors (Lipinski definition) is 1. The maximum Gasteiger partial charge on any atom is 0.240 e. The molecule has 29 heavy (non-hydrogen) atoms. The fraction of sp³-hybridized carbons (Fsp3) is 0.381. The second kappa shape index (κ2) is 10.6. The number of amides is 1. The molecule has 0 saturated carbocycles. The Morgan fingerprint density at radius 2 is 1.93 bits per heavy atom. The van der Waals surface area contributed by atoms with Crippen LogP contribution in [0.25, 0.3) is 0 Å². The molecule has 0 radical (unpaired) electrons. The Morgan fingerprint density at radius 1 is 1.21 bits per heavy atom. The van der Waals surface area contributed by atoms with Crippen LogP contribution in [-0.2, 0) is 21.2 Å². The van der Waals surface area contributed by atoms with E-state index in [1.165, 1.54) is 0 Å². The Balaban J connectivity index is 1.93. The molecule has 2 aromatic carbocycles. The van der Waals surface area contributed by atoms with Crippen molar-refractivity contribution >= 4 is 37.5 Å². The first-order chi connectivity index (χ1) is 13.7. The van der Waals surface area contributed by atoms with Crippen molar-refractivity contribution in [3.05, 3.63) is 58.1 Å². The summed E-state index contributed by atoms with van der Waals surface area (Å²) in [5, 5.41) is 2.81. The van der Waals surface area contributed by atoms with E-state index >= 15 is 0 Å². The van der Waals surface area contributed by atoms with Gasteiger partial charge in [0.25, 0.3) is 0 Å². The average molecular weight is 483 g/mol. The second-order valence-electron chi connectivity index (χ2n) is 6.70. The number of sulfonamides is 1. The maximum absolute atomic E-state index is 12.4. The highest BCUT2D eigenvalue weighted by Gasteiger charge is 2.21. The monoisotopic (exact) mass is 482 g/mol. The molecule has 1 amide bonds. The van der Waals surface area contributed by atoms with E-state index in [1.54, 1.807) is 18.2 Å². The number of aryl methyl sites for hydroxylation is 2. The average Bonchev–Trinajstić information content (AvgIpc) is 2.66. The molecule has 0 aliphatic carbocycles. The summed E-state index contributed by atoms with van der Waals surface area (Å²) in [5.74, 6) is 0.518.